The lowest BCUT2D eigenvalue weighted by Crippen LogP contribution is -2.39. The SMILES string of the molecule is Cl.O=C(c1ccc(NC2CC2)c([N+](=O)[O-])c1)N1CCC2CCC(C1)N2. The Labute approximate surface area is 152 Å². The molecule has 1 saturated carbocycles. The summed E-state index contributed by atoms with van der Waals surface area (Å²) in [5, 5.41) is 18.1. The fraction of sp³-hybridized carbons (Fsp3) is 0.588. The van der Waals surface area contributed by atoms with Crippen molar-refractivity contribution >= 4 is 29.7 Å². The molecule has 0 radical (unpaired) electrons. The molecule has 2 N–H and O–H groups in total. The van der Waals surface area contributed by atoms with Gasteiger partial charge in [-0.25, -0.2) is 0 Å². The van der Waals surface area contributed by atoms with Crippen LogP contribution in [0.2, 0.25) is 0 Å². The minimum absolute atomic E-state index is 0. The lowest BCUT2D eigenvalue weighted by Gasteiger charge is -2.24. The molecule has 2 unspecified atom stereocenters. The van der Waals surface area contributed by atoms with Crippen LogP contribution in [0.4, 0.5) is 11.4 Å². The monoisotopic (exact) mass is 366 g/mol. The Bertz CT molecular complexity index is 680. The molecule has 8 heteroatoms. The zero-order chi connectivity index (χ0) is 16.7. The van der Waals surface area contributed by atoms with Gasteiger partial charge in [-0.2, -0.15) is 0 Å². The van der Waals surface area contributed by atoms with Crippen LogP contribution in [0.1, 0.15) is 42.5 Å². The number of nitrogens with one attached hydrogen (secondary N) is 2. The number of halogens is 1. The summed E-state index contributed by atoms with van der Waals surface area (Å²) in [6, 6.07) is 5.99. The number of rotatable bonds is 4. The van der Waals surface area contributed by atoms with Crippen molar-refractivity contribution in [3.63, 3.8) is 0 Å². The first-order valence-corrected chi connectivity index (χ1v) is 8.70. The summed E-state index contributed by atoms with van der Waals surface area (Å²) in [5.41, 5.74) is 0.902. The second-order valence-corrected chi connectivity index (χ2v) is 7.09. The molecule has 0 aromatic heterocycles. The standard InChI is InChI=1S/C17H22N4O3.ClH/c22-17(20-8-7-13-4-5-14(10-20)18-13)11-1-6-15(19-12-2-3-12)16(9-11)21(23)24;/h1,6,9,12-14,18-19H,2-5,7-8,10H2;1H. The summed E-state index contributed by atoms with van der Waals surface area (Å²) in [6.45, 7) is 1.40. The number of nitro groups is 1. The highest BCUT2D eigenvalue weighted by Gasteiger charge is 2.32. The second-order valence-electron chi connectivity index (χ2n) is 7.09. The fourth-order valence-electron chi connectivity index (χ4n) is 3.70. The lowest BCUT2D eigenvalue weighted by atomic mass is 10.1. The van der Waals surface area contributed by atoms with Crippen molar-refractivity contribution < 1.29 is 9.72 Å². The van der Waals surface area contributed by atoms with Crippen molar-refractivity contribution in [1.29, 1.82) is 0 Å². The van der Waals surface area contributed by atoms with Gasteiger partial charge in [0.15, 0.2) is 0 Å². The highest BCUT2D eigenvalue weighted by molar-refractivity contribution is 5.95. The van der Waals surface area contributed by atoms with Crippen molar-refractivity contribution in [2.75, 3.05) is 18.4 Å². The average molecular weight is 367 g/mol. The Morgan fingerprint density at radius 1 is 1.20 bits per heavy atom. The number of hydrogen-bond acceptors (Lipinski definition) is 5. The van der Waals surface area contributed by atoms with Gasteiger partial charge >= 0.3 is 0 Å². The fourth-order valence-corrected chi connectivity index (χ4v) is 3.70. The van der Waals surface area contributed by atoms with Crippen LogP contribution in [0.25, 0.3) is 0 Å². The summed E-state index contributed by atoms with van der Waals surface area (Å²) in [7, 11) is 0. The van der Waals surface area contributed by atoms with Crippen LogP contribution >= 0.6 is 12.4 Å². The smallest absolute Gasteiger partial charge is 0.293 e. The van der Waals surface area contributed by atoms with Gasteiger partial charge in [-0.15, -0.1) is 12.4 Å². The molecule has 0 spiro atoms. The number of carbonyl (C=O) groups excluding carboxylic acids is 1. The van der Waals surface area contributed by atoms with Crippen molar-refractivity contribution in [1.82, 2.24) is 10.2 Å². The first kappa shape index (κ1) is 17.9. The molecule has 3 fully saturated rings. The van der Waals surface area contributed by atoms with E-state index in [0.29, 0.717) is 42.5 Å². The summed E-state index contributed by atoms with van der Waals surface area (Å²) in [6.07, 6.45) is 5.31. The maximum atomic E-state index is 12.8. The molecule has 2 bridgehead atoms. The van der Waals surface area contributed by atoms with Crippen LogP contribution < -0.4 is 10.6 Å². The van der Waals surface area contributed by atoms with Gasteiger partial charge in [-0.3, -0.25) is 14.9 Å². The molecule has 1 aromatic carbocycles. The van der Waals surface area contributed by atoms with Gasteiger partial charge in [0, 0.05) is 42.8 Å². The van der Waals surface area contributed by atoms with Crippen LogP contribution in [-0.4, -0.2) is 46.9 Å². The first-order valence-electron chi connectivity index (χ1n) is 8.70. The average Bonchev–Trinajstić information content (AvgIpc) is 3.29. The molecular formula is C17H23ClN4O3. The number of likely N-dealkylation sites (tertiary alicyclic amines) is 1. The summed E-state index contributed by atoms with van der Waals surface area (Å²) >= 11 is 0. The molecule has 1 amide bonds. The maximum Gasteiger partial charge on any atom is 0.293 e. The Morgan fingerprint density at radius 2 is 1.96 bits per heavy atom. The number of anilines is 1. The highest BCUT2D eigenvalue weighted by Crippen LogP contribution is 2.32. The third kappa shape index (κ3) is 3.88. The van der Waals surface area contributed by atoms with E-state index in [4.69, 9.17) is 0 Å². The van der Waals surface area contributed by atoms with E-state index in [1.807, 2.05) is 4.90 Å². The molecule has 7 nitrogen and oxygen atoms in total. The van der Waals surface area contributed by atoms with Crippen LogP contribution in [0.3, 0.4) is 0 Å². The van der Waals surface area contributed by atoms with Gasteiger partial charge in [0.1, 0.15) is 5.69 Å². The van der Waals surface area contributed by atoms with E-state index in [1.54, 1.807) is 12.1 Å². The molecule has 3 aliphatic rings. The van der Waals surface area contributed by atoms with Crippen molar-refractivity contribution in [3.05, 3.63) is 33.9 Å². The summed E-state index contributed by atoms with van der Waals surface area (Å²) in [4.78, 5) is 25.6. The molecule has 2 atom stereocenters. The van der Waals surface area contributed by atoms with Crippen LogP contribution in [0.15, 0.2) is 18.2 Å². The lowest BCUT2D eigenvalue weighted by molar-refractivity contribution is -0.384. The molecular weight excluding hydrogens is 344 g/mol. The van der Waals surface area contributed by atoms with E-state index in [-0.39, 0.29) is 24.0 Å². The number of nitrogens with zero attached hydrogens (tertiary/aromatic N) is 2. The van der Waals surface area contributed by atoms with Crippen LogP contribution in [0.5, 0.6) is 0 Å². The first-order chi connectivity index (χ1) is 11.6. The van der Waals surface area contributed by atoms with E-state index >= 15 is 0 Å². The molecule has 2 aliphatic heterocycles. The molecule has 136 valence electrons. The zero-order valence-corrected chi connectivity index (χ0v) is 14.8. The number of hydrogen-bond donors (Lipinski definition) is 2. The topological polar surface area (TPSA) is 87.5 Å². The predicted molar refractivity (Wildman–Crippen MR) is 97.5 cm³/mol. The highest BCUT2D eigenvalue weighted by atomic mass is 35.5. The van der Waals surface area contributed by atoms with Crippen molar-refractivity contribution in [2.24, 2.45) is 0 Å². The minimum atomic E-state index is -0.409. The number of nitro benzene ring substituents is 1. The Hall–Kier alpha value is -1.86. The Kier molecular flexibility index (Phi) is 5.15. The Morgan fingerprint density at radius 3 is 2.68 bits per heavy atom. The van der Waals surface area contributed by atoms with E-state index in [0.717, 1.165) is 25.7 Å². The van der Waals surface area contributed by atoms with Gasteiger partial charge in [-0.05, 0) is 44.2 Å². The van der Waals surface area contributed by atoms with Gasteiger partial charge in [0.2, 0.25) is 0 Å². The molecule has 2 heterocycles. The number of benzene rings is 1. The number of amides is 1. The van der Waals surface area contributed by atoms with Crippen LogP contribution in [-0.2, 0) is 0 Å². The molecule has 4 rings (SSSR count). The summed E-state index contributed by atoms with van der Waals surface area (Å²) in [5.74, 6) is -0.106. The molecule has 25 heavy (non-hydrogen) atoms. The molecule has 2 saturated heterocycles. The third-order valence-corrected chi connectivity index (χ3v) is 5.19. The van der Waals surface area contributed by atoms with Crippen LogP contribution in [0, 0.1) is 10.1 Å². The number of fused-ring (bicyclic) bond motifs is 2. The quantitative estimate of drug-likeness (QED) is 0.631. The third-order valence-electron chi connectivity index (χ3n) is 5.19. The van der Waals surface area contributed by atoms with E-state index < -0.39 is 4.92 Å². The van der Waals surface area contributed by atoms with Gasteiger partial charge in [0.05, 0.1) is 4.92 Å². The molecule has 1 aromatic rings. The normalized spacial score (nSPS) is 25.0. The van der Waals surface area contributed by atoms with Gasteiger partial charge in [0.25, 0.3) is 11.6 Å². The van der Waals surface area contributed by atoms with Gasteiger partial charge in [-0.1, -0.05) is 0 Å². The molecule has 1 aliphatic carbocycles. The zero-order valence-electron chi connectivity index (χ0n) is 13.9. The van der Waals surface area contributed by atoms with E-state index in [9.17, 15) is 14.9 Å². The number of carbonyl (C=O) groups is 1. The largest absolute Gasteiger partial charge is 0.377 e. The predicted octanol–water partition coefficient (Wildman–Crippen LogP) is 2.56. The van der Waals surface area contributed by atoms with Gasteiger partial charge < -0.3 is 15.5 Å². The second kappa shape index (κ2) is 7.17. The summed E-state index contributed by atoms with van der Waals surface area (Å²) < 4.78 is 0. The van der Waals surface area contributed by atoms with Crippen molar-refractivity contribution in [2.45, 2.75) is 50.2 Å². The Balaban J connectivity index is 0.00000182. The van der Waals surface area contributed by atoms with E-state index in [2.05, 4.69) is 10.6 Å². The van der Waals surface area contributed by atoms with Crippen molar-refractivity contribution in [3.8, 4) is 0 Å². The maximum absolute atomic E-state index is 12.8. The van der Waals surface area contributed by atoms with E-state index in [1.165, 1.54) is 12.5 Å². The minimum Gasteiger partial charge on any atom is -0.377 e.